The van der Waals surface area contributed by atoms with Crippen LogP contribution in [0, 0.1) is 0 Å². The van der Waals surface area contributed by atoms with Crippen LogP contribution >= 0.6 is 35.3 Å². The summed E-state index contributed by atoms with van der Waals surface area (Å²) in [5.41, 5.74) is 1.21. The molecule has 0 aromatic carbocycles. The molecular weight excluding hydrogens is 423 g/mol. The van der Waals surface area contributed by atoms with Crippen molar-refractivity contribution in [1.82, 2.24) is 14.9 Å². The average molecular weight is 444 g/mol. The summed E-state index contributed by atoms with van der Waals surface area (Å²) in [6, 6.07) is 2.06. The number of thiophene rings is 1. The van der Waals surface area contributed by atoms with Crippen molar-refractivity contribution in [2.24, 2.45) is 4.99 Å². The fourth-order valence-electron chi connectivity index (χ4n) is 2.04. The fourth-order valence-corrected chi connectivity index (χ4v) is 4.24. The second-order valence-corrected chi connectivity index (χ2v) is 7.42. The van der Waals surface area contributed by atoms with E-state index < -0.39 is 10.0 Å². The van der Waals surface area contributed by atoms with Gasteiger partial charge in [-0.2, -0.15) is 11.3 Å². The van der Waals surface area contributed by atoms with E-state index in [1.165, 1.54) is 9.87 Å². The quantitative estimate of drug-likeness (QED) is 0.405. The predicted molar refractivity (Wildman–Crippen MR) is 97.9 cm³/mol. The third-order valence-corrected chi connectivity index (χ3v) is 5.81. The van der Waals surface area contributed by atoms with Gasteiger partial charge in [0.25, 0.3) is 0 Å². The highest BCUT2D eigenvalue weighted by Crippen LogP contribution is 2.11. The molecule has 0 radical (unpaired) electrons. The fraction of sp³-hybridized carbons (Fsp3) is 0.583. The summed E-state index contributed by atoms with van der Waals surface area (Å²) in [5.74, 6) is 0.964. The molecule has 2 heterocycles. The van der Waals surface area contributed by atoms with E-state index in [1.54, 1.807) is 18.4 Å². The lowest BCUT2D eigenvalue weighted by Gasteiger charge is -2.16. The van der Waals surface area contributed by atoms with E-state index in [-0.39, 0.29) is 29.7 Å². The maximum absolute atomic E-state index is 11.6. The number of aliphatic imine (C=N–C) groups is 1. The third-order valence-electron chi connectivity index (χ3n) is 3.12. The molecule has 1 aliphatic heterocycles. The van der Waals surface area contributed by atoms with E-state index in [0.717, 1.165) is 6.42 Å². The van der Waals surface area contributed by atoms with Crippen LogP contribution in [0.2, 0.25) is 0 Å². The molecule has 1 aromatic heterocycles. The first-order chi connectivity index (χ1) is 9.62. The summed E-state index contributed by atoms with van der Waals surface area (Å²) in [6.45, 7) is 2.39. The van der Waals surface area contributed by atoms with Crippen LogP contribution in [0.1, 0.15) is 12.0 Å². The van der Waals surface area contributed by atoms with Gasteiger partial charge in [0.15, 0.2) is 5.96 Å². The standard InChI is InChI=1S/C12H20N4O2S2.HI/c1-13-12(15-9-11-3-7-19-10-11)14-4-6-16-5-2-8-20(16,17)18;/h3,7,10H,2,4-6,8-9H2,1H3,(H2,13,14,15);1H. The average Bonchev–Trinajstić information content (AvgIpc) is 3.03. The molecule has 0 amide bonds. The molecule has 120 valence electrons. The summed E-state index contributed by atoms with van der Waals surface area (Å²) in [6.07, 6.45) is 0.730. The molecule has 21 heavy (non-hydrogen) atoms. The van der Waals surface area contributed by atoms with E-state index in [0.29, 0.717) is 32.1 Å². The van der Waals surface area contributed by atoms with Crippen molar-refractivity contribution in [2.45, 2.75) is 13.0 Å². The molecular formula is C12H21IN4O2S2. The zero-order chi connectivity index (χ0) is 14.4. The topological polar surface area (TPSA) is 73.8 Å². The Kier molecular flexibility index (Phi) is 7.92. The van der Waals surface area contributed by atoms with Crippen LogP contribution in [-0.2, 0) is 16.6 Å². The van der Waals surface area contributed by atoms with Gasteiger partial charge in [0, 0.05) is 33.2 Å². The Labute approximate surface area is 147 Å². The van der Waals surface area contributed by atoms with E-state index in [9.17, 15) is 8.42 Å². The Morgan fingerprint density at radius 1 is 1.48 bits per heavy atom. The first-order valence-corrected chi connectivity index (χ1v) is 9.10. The Morgan fingerprint density at radius 2 is 2.29 bits per heavy atom. The molecule has 0 spiro atoms. The smallest absolute Gasteiger partial charge is 0.214 e. The second kappa shape index (κ2) is 8.91. The molecule has 1 saturated heterocycles. The van der Waals surface area contributed by atoms with Crippen LogP contribution in [0.3, 0.4) is 0 Å². The zero-order valence-electron chi connectivity index (χ0n) is 11.9. The number of hydrogen-bond acceptors (Lipinski definition) is 4. The maximum atomic E-state index is 11.6. The van der Waals surface area contributed by atoms with Gasteiger partial charge in [-0.3, -0.25) is 4.99 Å². The number of halogens is 1. The molecule has 0 bridgehead atoms. The molecule has 0 unspecified atom stereocenters. The van der Waals surface area contributed by atoms with Gasteiger partial charge in [0.2, 0.25) is 10.0 Å². The molecule has 1 aromatic rings. The second-order valence-electron chi connectivity index (χ2n) is 4.55. The zero-order valence-corrected chi connectivity index (χ0v) is 15.9. The number of guanidine groups is 1. The number of nitrogens with one attached hydrogen (secondary N) is 2. The maximum Gasteiger partial charge on any atom is 0.214 e. The summed E-state index contributed by atoms with van der Waals surface area (Å²) in [5, 5.41) is 10.4. The van der Waals surface area contributed by atoms with Crippen molar-refractivity contribution >= 4 is 51.3 Å². The number of sulfonamides is 1. The molecule has 6 nitrogen and oxygen atoms in total. The Bertz CT molecular complexity index is 546. The minimum atomic E-state index is -3.01. The SMILES string of the molecule is CN=C(NCCN1CCCS1(=O)=O)NCc1ccsc1.I. The lowest BCUT2D eigenvalue weighted by molar-refractivity contribution is 0.445. The van der Waals surface area contributed by atoms with Crippen molar-refractivity contribution in [3.8, 4) is 0 Å². The van der Waals surface area contributed by atoms with E-state index in [1.807, 2.05) is 5.38 Å². The molecule has 1 fully saturated rings. The van der Waals surface area contributed by atoms with Gasteiger partial charge < -0.3 is 10.6 Å². The monoisotopic (exact) mass is 444 g/mol. The number of rotatable bonds is 5. The van der Waals surface area contributed by atoms with Gasteiger partial charge in [-0.25, -0.2) is 12.7 Å². The third kappa shape index (κ3) is 5.72. The summed E-state index contributed by atoms with van der Waals surface area (Å²) in [7, 11) is -1.30. The lowest BCUT2D eigenvalue weighted by atomic mass is 10.3. The van der Waals surface area contributed by atoms with E-state index in [4.69, 9.17) is 0 Å². The van der Waals surface area contributed by atoms with Gasteiger partial charge in [-0.15, -0.1) is 24.0 Å². The molecule has 9 heteroatoms. The van der Waals surface area contributed by atoms with Gasteiger partial charge in [0.1, 0.15) is 0 Å². The van der Waals surface area contributed by atoms with Crippen molar-refractivity contribution < 1.29 is 8.42 Å². The van der Waals surface area contributed by atoms with Gasteiger partial charge in [-0.05, 0) is 28.8 Å². The highest BCUT2D eigenvalue weighted by atomic mass is 127. The van der Waals surface area contributed by atoms with Crippen molar-refractivity contribution in [2.75, 3.05) is 32.4 Å². The van der Waals surface area contributed by atoms with Gasteiger partial charge in [-0.1, -0.05) is 0 Å². The van der Waals surface area contributed by atoms with Gasteiger partial charge >= 0.3 is 0 Å². The van der Waals surface area contributed by atoms with Gasteiger partial charge in [0.05, 0.1) is 5.75 Å². The van der Waals surface area contributed by atoms with Crippen LogP contribution < -0.4 is 10.6 Å². The summed E-state index contributed by atoms with van der Waals surface area (Å²) in [4.78, 5) is 4.12. The highest BCUT2D eigenvalue weighted by molar-refractivity contribution is 14.0. The Morgan fingerprint density at radius 3 is 2.86 bits per heavy atom. The largest absolute Gasteiger partial charge is 0.355 e. The first kappa shape index (κ1) is 18.7. The van der Waals surface area contributed by atoms with Crippen LogP contribution in [0.15, 0.2) is 21.8 Å². The summed E-state index contributed by atoms with van der Waals surface area (Å²) < 4.78 is 24.8. The normalized spacial score (nSPS) is 18.2. The van der Waals surface area contributed by atoms with Crippen LogP contribution in [0.4, 0.5) is 0 Å². The molecule has 0 aliphatic carbocycles. The van der Waals surface area contributed by atoms with Crippen molar-refractivity contribution in [1.29, 1.82) is 0 Å². The molecule has 0 atom stereocenters. The van der Waals surface area contributed by atoms with Crippen LogP contribution in [0.5, 0.6) is 0 Å². The Hall–Kier alpha value is -0.390. The molecule has 2 N–H and O–H groups in total. The Balaban J connectivity index is 0.00000220. The molecule has 0 saturated carbocycles. The first-order valence-electron chi connectivity index (χ1n) is 6.55. The molecule has 2 rings (SSSR count). The summed E-state index contributed by atoms with van der Waals surface area (Å²) >= 11 is 1.66. The molecule has 1 aliphatic rings. The van der Waals surface area contributed by atoms with Crippen LogP contribution in [-0.4, -0.2) is 51.1 Å². The lowest BCUT2D eigenvalue weighted by Crippen LogP contribution is -2.41. The van der Waals surface area contributed by atoms with Crippen molar-refractivity contribution in [3.63, 3.8) is 0 Å². The van der Waals surface area contributed by atoms with Crippen LogP contribution in [0.25, 0.3) is 0 Å². The minimum Gasteiger partial charge on any atom is -0.355 e. The number of hydrogen-bond donors (Lipinski definition) is 2. The van der Waals surface area contributed by atoms with Crippen molar-refractivity contribution in [3.05, 3.63) is 22.4 Å². The number of nitrogens with zero attached hydrogens (tertiary/aromatic N) is 2. The van der Waals surface area contributed by atoms with E-state index >= 15 is 0 Å². The highest BCUT2D eigenvalue weighted by Gasteiger charge is 2.27. The predicted octanol–water partition coefficient (Wildman–Crippen LogP) is 1.07. The minimum absolute atomic E-state index is 0. The van der Waals surface area contributed by atoms with E-state index in [2.05, 4.69) is 27.1 Å².